The summed E-state index contributed by atoms with van der Waals surface area (Å²) in [6.45, 7) is 1.98. The van der Waals surface area contributed by atoms with Crippen molar-refractivity contribution in [3.63, 3.8) is 0 Å². The molecule has 0 saturated heterocycles. The van der Waals surface area contributed by atoms with E-state index in [1.165, 1.54) is 0 Å². The maximum atomic E-state index is 13.6. The molecule has 1 aliphatic rings. The first-order valence-electron chi connectivity index (χ1n) is 13.2. The predicted octanol–water partition coefficient (Wildman–Crippen LogP) is 7.82. The molecule has 1 fully saturated rings. The fourth-order valence-corrected chi connectivity index (χ4v) is 5.31. The van der Waals surface area contributed by atoms with Crippen LogP contribution in [0.1, 0.15) is 48.5 Å². The van der Waals surface area contributed by atoms with E-state index in [0.717, 1.165) is 15.6 Å². The molecule has 0 bridgehead atoms. The Balaban J connectivity index is 1.28. The van der Waals surface area contributed by atoms with Crippen molar-refractivity contribution in [3.8, 4) is 0 Å². The van der Waals surface area contributed by atoms with E-state index in [4.69, 9.17) is 11.6 Å². The van der Waals surface area contributed by atoms with Gasteiger partial charge in [0.15, 0.2) is 0 Å². The molecule has 3 aromatic carbocycles. The van der Waals surface area contributed by atoms with E-state index in [1.807, 2.05) is 48.0 Å². The second kappa shape index (κ2) is 11.4. The Morgan fingerprint density at radius 3 is 2.44 bits per heavy atom. The highest BCUT2D eigenvalue weighted by Crippen LogP contribution is 2.43. The SMILES string of the molecule is Cn1c(Nc2cc(CNC(=O)C3(C)CCC(F)(F)CC3)ccc2Cl)nc2cc(C(=O)Nc3ccc(Br)cc3)ccc21. The van der Waals surface area contributed by atoms with Crippen molar-refractivity contribution in [1.82, 2.24) is 14.9 Å². The van der Waals surface area contributed by atoms with Crippen LogP contribution in [-0.2, 0) is 18.4 Å². The van der Waals surface area contributed by atoms with Crippen molar-refractivity contribution >= 4 is 67.7 Å². The van der Waals surface area contributed by atoms with Gasteiger partial charge in [-0.05, 0) is 73.0 Å². The molecule has 0 radical (unpaired) electrons. The largest absolute Gasteiger partial charge is 0.352 e. The van der Waals surface area contributed by atoms with Gasteiger partial charge in [0.25, 0.3) is 5.91 Å². The van der Waals surface area contributed by atoms with Crippen LogP contribution in [0.5, 0.6) is 0 Å². The molecule has 2 amide bonds. The average molecular weight is 645 g/mol. The number of aromatic nitrogens is 2. The van der Waals surface area contributed by atoms with Crippen LogP contribution in [0.3, 0.4) is 0 Å². The maximum absolute atomic E-state index is 13.6. The highest BCUT2D eigenvalue weighted by molar-refractivity contribution is 9.10. The van der Waals surface area contributed by atoms with Crippen LogP contribution in [0, 0.1) is 5.41 Å². The predicted molar refractivity (Wildman–Crippen MR) is 161 cm³/mol. The molecule has 1 saturated carbocycles. The van der Waals surface area contributed by atoms with Gasteiger partial charge in [-0.15, -0.1) is 0 Å². The Labute approximate surface area is 249 Å². The number of hydrogen-bond acceptors (Lipinski definition) is 4. The van der Waals surface area contributed by atoms with Gasteiger partial charge in [0, 0.05) is 47.6 Å². The number of halogens is 4. The normalized spacial score (nSPS) is 15.9. The monoisotopic (exact) mass is 643 g/mol. The first kappa shape index (κ1) is 29.0. The minimum atomic E-state index is -2.69. The summed E-state index contributed by atoms with van der Waals surface area (Å²) in [5.74, 6) is -2.65. The van der Waals surface area contributed by atoms with Crippen LogP contribution in [0.15, 0.2) is 65.1 Å². The van der Waals surface area contributed by atoms with Gasteiger partial charge in [0.05, 0.1) is 21.7 Å². The number of aryl methyl sites for hydroxylation is 1. The second-order valence-electron chi connectivity index (χ2n) is 10.7. The number of imidazole rings is 1. The molecule has 1 heterocycles. The highest BCUT2D eigenvalue weighted by atomic mass is 79.9. The summed E-state index contributed by atoms with van der Waals surface area (Å²) in [4.78, 5) is 30.3. The minimum Gasteiger partial charge on any atom is -0.352 e. The molecule has 214 valence electrons. The molecule has 41 heavy (non-hydrogen) atoms. The lowest BCUT2D eigenvalue weighted by Crippen LogP contribution is -2.43. The maximum Gasteiger partial charge on any atom is 0.255 e. The Bertz CT molecular complexity index is 1610. The quantitative estimate of drug-likeness (QED) is 0.192. The Kier molecular flexibility index (Phi) is 8.07. The van der Waals surface area contributed by atoms with Crippen molar-refractivity contribution in [2.45, 2.75) is 45.1 Å². The minimum absolute atomic E-state index is 0.152. The summed E-state index contributed by atoms with van der Waals surface area (Å²) in [6, 6.07) is 18.0. The number of nitrogens with zero attached hydrogens (tertiary/aromatic N) is 2. The van der Waals surface area contributed by atoms with Crippen LogP contribution >= 0.6 is 27.5 Å². The van der Waals surface area contributed by atoms with E-state index in [2.05, 4.69) is 36.9 Å². The first-order chi connectivity index (χ1) is 19.4. The summed E-state index contributed by atoms with van der Waals surface area (Å²) in [7, 11) is 1.85. The van der Waals surface area contributed by atoms with Crippen molar-refractivity contribution < 1.29 is 18.4 Å². The molecule has 1 aliphatic carbocycles. The number of nitrogens with one attached hydrogen (secondary N) is 3. The van der Waals surface area contributed by atoms with Crippen molar-refractivity contribution in [1.29, 1.82) is 0 Å². The fraction of sp³-hybridized carbons (Fsp3) is 0.300. The van der Waals surface area contributed by atoms with E-state index < -0.39 is 11.3 Å². The molecular weight excluding hydrogens is 616 g/mol. The summed E-state index contributed by atoms with van der Waals surface area (Å²) in [5.41, 5.74) is 3.17. The van der Waals surface area contributed by atoms with Gasteiger partial charge in [0.1, 0.15) is 0 Å². The number of carbonyl (C=O) groups is 2. The van der Waals surface area contributed by atoms with Gasteiger partial charge >= 0.3 is 0 Å². The van der Waals surface area contributed by atoms with E-state index in [0.29, 0.717) is 33.4 Å². The van der Waals surface area contributed by atoms with Gasteiger partial charge in [-0.25, -0.2) is 13.8 Å². The Morgan fingerprint density at radius 2 is 1.73 bits per heavy atom. The topological polar surface area (TPSA) is 88.1 Å². The zero-order valence-electron chi connectivity index (χ0n) is 22.5. The van der Waals surface area contributed by atoms with Gasteiger partial charge in [-0.1, -0.05) is 40.5 Å². The van der Waals surface area contributed by atoms with E-state index in [9.17, 15) is 18.4 Å². The average Bonchev–Trinajstić information content (AvgIpc) is 3.26. The molecule has 0 aliphatic heterocycles. The summed E-state index contributed by atoms with van der Waals surface area (Å²) in [6.07, 6.45) is -0.248. The summed E-state index contributed by atoms with van der Waals surface area (Å²) in [5, 5.41) is 9.49. The molecule has 0 spiro atoms. The third-order valence-electron chi connectivity index (χ3n) is 7.61. The number of amides is 2. The molecule has 0 atom stereocenters. The number of fused-ring (bicyclic) bond motifs is 1. The number of benzene rings is 3. The smallest absolute Gasteiger partial charge is 0.255 e. The Hall–Kier alpha value is -3.50. The number of rotatable bonds is 7. The lowest BCUT2D eigenvalue weighted by atomic mass is 9.73. The summed E-state index contributed by atoms with van der Waals surface area (Å²) < 4.78 is 30.0. The number of alkyl halides is 2. The fourth-order valence-electron chi connectivity index (χ4n) is 4.88. The molecule has 7 nitrogen and oxygen atoms in total. The van der Waals surface area contributed by atoms with Gasteiger partial charge in [0.2, 0.25) is 17.8 Å². The zero-order valence-corrected chi connectivity index (χ0v) is 24.9. The molecule has 4 aromatic rings. The van der Waals surface area contributed by atoms with E-state index in [-0.39, 0.29) is 44.0 Å². The van der Waals surface area contributed by atoms with Crippen LogP contribution in [-0.4, -0.2) is 27.3 Å². The molecule has 1 aromatic heterocycles. The lowest BCUT2D eigenvalue weighted by Gasteiger charge is -2.35. The van der Waals surface area contributed by atoms with Crippen molar-refractivity contribution in [2.75, 3.05) is 10.6 Å². The second-order valence-corrected chi connectivity index (χ2v) is 12.0. The van der Waals surface area contributed by atoms with Crippen molar-refractivity contribution in [2.24, 2.45) is 12.5 Å². The number of hydrogen-bond donors (Lipinski definition) is 3. The lowest BCUT2D eigenvalue weighted by molar-refractivity contribution is -0.137. The van der Waals surface area contributed by atoms with Crippen LogP contribution in [0.25, 0.3) is 11.0 Å². The number of anilines is 3. The first-order valence-corrected chi connectivity index (χ1v) is 14.3. The highest BCUT2D eigenvalue weighted by Gasteiger charge is 2.44. The molecule has 5 rings (SSSR count). The van der Waals surface area contributed by atoms with Gasteiger partial charge < -0.3 is 20.5 Å². The Morgan fingerprint density at radius 1 is 1.02 bits per heavy atom. The van der Waals surface area contributed by atoms with E-state index >= 15 is 0 Å². The van der Waals surface area contributed by atoms with Crippen LogP contribution in [0.2, 0.25) is 5.02 Å². The van der Waals surface area contributed by atoms with Crippen LogP contribution in [0.4, 0.5) is 26.1 Å². The number of carbonyl (C=O) groups excluding carboxylic acids is 2. The molecular formula is C30H29BrClF2N5O2. The summed E-state index contributed by atoms with van der Waals surface area (Å²) >= 11 is 9.85. The molecule has 11 heteroatoms. The van der Waals surface area contributed by atoms with Gasteiger partial charge in [-0.2, -0.15) is 0 Å². The third kappa shape index (κ3) is 6.54. The van der Waals surface area contributed by atoms with Gasteiger partial charge in [-0.3, -0.25) is 9.59 Å². The molecule has 0 unspecified atom stereocenters. The zero-order chi connectivity index (χ0) is 29.4. The van der Waals surface area contributed by atoms with E-state index in [1.54, 1.807) is 31.2 Å². The van der Waals surface area contributed by atoms with Crippen LogP contribution < -0.4 is 16.0 Å². The third-order valence-corrected chi connectivity index (χ3v) is 8.47. The standard InChI is InChI=1S/C30H29BrClF2N5O2/c1-29(11-13-30(33,34)14-12-29)27(41)35-17-18-3-9-22(32)23(15-18)37-28-38-24-16-19(4-10-25(24)39(28)2)26(40)36-21-7-5-20(31)6-8-21/h3-10,15-16H,11-14,17H2,1-2H3,(H,35,41)(H,36,40)(H,37,38). The van der Waals surface area contributed by atoms with Crippen molar-refractivity contribution in [3.05, 3.63) is 81.3 Å². The molecule has 3 N–H and O–H groups in total.